The molecular weight excluding hydrogens is 289 g/mol. The number of aromatic carboxylic acids is 1. The fraction of sp³-hybridized carbons (Fsp3) is 0.0769. The van der Waals surface area contributed by atoms with Crippen LogP contribution in [0, 0.1) is 6.92 Å². The topological polar surface area (TPSA) is 59.3 Å². The molecule has 1 aromatic heterocycles. The number of hydrogen-bond donors (Lipinski definition) is 1. The number of carbonyl (C=O) groups is 1. The van der Waals surface area contributed by atoms with Crippen molar-refractivity contribution in [3.63, 3.8) is 0 Å². The average molecular weight is 298 g/mol. The number of carboxylic acid groups (broad SMARTS) is 1. The van der Waals surface area contributed by atoms with Gasteiger partial charge in [0.2, 0.25) is 0 Å². The number of nitrogens with zero attached hydrogens (tertiary/aromatic N) is 1. The first-order valence-corrected chi connectivity index (χ1v) is 6.08. The molecule has 0 amide bonds. The standard InChI is InChI=1S/C13H9Cl2NO3/c1-7-5-11(17)8(13(18)19)6-16(7)10-4-2-3-9(14)12(10)15/h2-6H,1H3,(H,18,19). The Morgan fingerprint density at radius 3 is 2.63 bits per heavy atom. The highest BCUT2D eigenvalue weighted by molar-refractivity contribution is 6.43. The number of benzene rings is 1. The number of aryl methyl sites for hydroxylation is 1. The van der Waals surface area contributed by atoms with E-state index in [2.05, 4.69) is 0 Å². The van der Waals surface area contributed by atoms with E-state index < -0.39 is 11.4 Å². The van der Waals surface area contributed by atoms with Gasteiger partial charge < -0.3 is 9.67 Å². The highest BCUT2D eigenvalue weighted by Gasteiger charge is 2.13. The van der Waals surface area contributed by atoms with Gasteiger partial charge in [0.15, 0.2) is 5.43 Å². The molecule has 1 aromatic carbocycles. The first kappa shape index (κ1) is 13.6. The van der Waals surface area contributed by atoms with E-state index in [1.54, 1.807) is 25.1 Å². The third kappa shape index (κ3) is 2.50. The van der Waals surface area contributed by atoms with Gasteiger partial charge in [-0.15, -0.1) is 0 Å². The molecule has 0 aliphatic rings. The van der Waals surface area contributed by atoms with Crippen LogP contribution >= 0.6 is 23.2 Å². The largest absolute Gasteiger partial charge is 0.477 e. The second-order valence-electron chi connectivity index (χ2n) is 3.94. The van der Waals surface area contributed by atoms with Crippen LogP contribution in [-0.4, -0.2) is 15.6 Å². The molecule has 6 heteroatoms. The number of pyridine rings is 1. The Hall–Kier alpha value is -1.78. The Labute approximate surface area is 118 Å². The van der Waals surface area contributed by atoms with E-state index in [4.69, 9.17) is 28.3 Å². The monoisotopic (exact) mass is 297 g/mol. The molecule has 0 saturated carbocycles. The van der Waals surface area contributed by atoms with Gasteiger partial charge in [0.1, 0.15) is 5.56 Å². The van der Waals surface area contributed by atoms with Crippen molar-refractivity contribution in [3.05, 3.63) is 62.0 Å². The van der Waals surface area contributed by atoms with Crippen molar-refractivity contribution >= 4 is 29.2 Å². The normalized spacial score (nSPS) is 10.5. The molecule has 0 spiro atoms. The van der Waals surface area contributed by atoms with E-state index in [9.17, 15) is 9.59 Å². The molecular formula is C13H9Cl2NO3. The summed E-state index contributed by atoms with van der Waals surface area (Å²) in [6, 6.07) is 6.27. The molecule has 0 unspecified atom stereocenters. The molecule has 1 heterocycles. The Balaban J connectivity index is 2.76. The summed E-state index contributed by atoms with van der Waals surface area (Å²) in [6.07, 6.45) is 1.25. The SMILES string of the molecule is Cc1cc(=O)c(C(=O)O)cn1-c1cccc(Cl)c1Cl. The van der Waals surface area contributed by atoms with Crippen molar-refractivity contribution in [2.24, 2.45) is 0 Å². The maximum Gasteiger partial charge on any atom is 0.341 e. The minimum absolute atomic E-state index is 0.298. The molecule has 19 heavy (non-hydrogen) atoms. The molecule has 1 N–H and O–H groups in total. The number of carboxylic acids is 1. The fourth-order valence-electron chi connectivity index (χ4n) is 1.73. The van der Waals surface area contributed by atoms with Gasteiger partial charge in [-0.2, -0.15) is 0 Å². The fourth-order valence-corrected chi connectivity index (χ4v) is 2.12. The van der Waals surface area contributed by atoms with Gasteiger partial charge in [0.25, 0.3) is 0 Å². The van der Waals surface area contributed by atoms with Gasteiger partial charge in [-0.25, -0.2) is 4.79 Å². The Morgan fingerprint density at radius 1 is 1.32 bits per heavy atom. The van der Waals surface area contributed by atoms with Gasteiger partial charge in [0.05, 0.1) is 15.7 Å². The zero-order valence-electron chi connectivity index (χ0n) is 9.85. The van der Waals surface area contributed by atoms with Crippen LogP contribution in [0.15, 0.2) is 35.3 Å². The molecule has 4 nitrogen and oxygen atoms in total. The molecule has 98 valence electrons. The van der Waals surface area contributed by atoms with Crippen molar-refractivity contribution in [1.29, 1.82) is 0 Å². The van der Waals surface area contributed by atoms with Crippen molar-refractivity contribution in [1.82, 2.24) is 4.57 Å². The van der Waals surface area contributed by atoms with Crippen LogP contribution in [0.25, 0.3) is 5.69 Å². The van der Waals surface area contributed by atoms with Crippen LogP contribution in [0.2, 0.25) is 10.0 Å². The molecule has 0 radical (unpaired) electrons. The quantitative estimate of drug-likeness (QED) is 0.926. The second kappa shape index (κ2) is 5.07. The molecule has 0 fully saturated rings. The zero-order chi connectivity index (χ0) is 14.2. The summed E-state index contributed by atoms with van der Waals surface area (Å²) >= 11 is 12.0. The third-order valence-electron chi connectivity index (χ3n) is 2.66. The van der Waals surface area contributed by atoms with Gasteiger partial charge in [-0.3, -0.25) is 4.79 Å². The Morgan fingerprint density at radius 2 is 2.00 bits per heavy atom. The number of aromatic nitrogens is 1. The zero-order valence-corrected chi connectivity index (χ0v) is 11.4. The Kier molecular flexibility index (Phi) is 3.64. The van der Waals surface area contributed by atoms with Crippen molar-refractivity contribution in [2.75, 3.05) is 0 Å². The minimum Gasteiger partial charge on any atom is -0.477 e. The lowest BCUT2D eigenvalue weighted by Gasteiger charge is -2.13. The summed E-state index contributed by atoms with van der Waals surface area (Å²) in [5, 5.41) is 9.63. The predicted molar refractivity (Wildman–Crippen MR) is 73.8 cm³/mol. The van der Waals surface area contributed by atoms with Crippen LogP contribution < -0.4 is 5.43 Å². The summed E-state index contributed by atoms with van der Waals surface area (Å²) in [5.74, 6) is -1.28. The number of hydrogen-bond acceptors (Lipinski definition) is 2. The van der Waals surface area contributed by atoms with Crippen molar-refractivity contribution in [2.45, 2.75) is 6.92 Å². The maximum atomic E-state index is 11.6. The van der Waals surface area contributed by atoms with Crippen LogP contribution in [-0.2, 0) is 0 Å². The summed E-state index contributed by atoms with van der Waals surface area (Å²) in [7, 11) is 0. The Bertz CT molecular complexity index is 722. The lowest BCUT2D eigenvalue weighted by atomic mass is 10.2. The number of rotatable bonds is 2. The van der Waals surface area contributed by atoms with Gasteiger partial charge in [-0.05, 0) is 19.1 Å². The van der Waals surface area contributed by atoms with Crippen LogP contribution in [0.1, 0.15) is 16.1 Å². The molecule has 0 atom stereocenters. The highest BCUT2D eigenvalue weighted by Crippen LogP contribution is 2.28. The summed E-state index contributed by atoms with van der Waals surface area (Å²) in [6.45, 7) is 1.68. The van der Waals surface area contributed by atoms with E-state index >= 15 is 0 Å². The molecule has 0 saturated heterocycles. The highest BCUT2D eigenvalue weighted by atomic mass is 35.5. The smallest absolute Gasteiger partial charge is 0.341 e. The van der Waals surface area contributed by atoms with E-state index in [1.807, 2.05) is 0 Å². The minimum atomic E-state index is -1.28. The molecule has 0 aliphatic carbocycles. The van der Waals surface area contributed by atoms with Crippen LogP contribution in [0.5, 0.6) is 0 Å². The molecule has 0 bridgehead atoms. The van der Waals surface area contributed by atoms with Gasteiger partial charge in [-0.1, -0.05) is 29.3 Å². The van der Waals surface area contributed by atoms with Crippen LogP contribution in [0.3, 0.4) is 0 Å². The summed E-state index contributed by atoms with van der Waals surface area (Å²) < 4.78 is 1.53. The van der Waals surface area contributed by atoms with E-state index in [1.165, 1.54) is 16.8 Å². The molecule has 2 aromatic rings. The number of halogens is 2. The lowest BCUT2D eigenvalue weighted by molar-refractivity contribution is 0.0695. The third-order valence-corrected chi connectivity index (χ3v) is 3.47. The lowest BCUT2D eigenvalue weighted by Crippen LogP contribution is -2.18. The second-order valence-corrected chi connectivity index (χ2v) is 4.73. The van der Waals surface area contributed by atoms with E-state index in [-0.39, 0.29) is 5.56 Å². The summed E-state index contributed by atoms with van der Waals surface area (Å²) in [4.78, 5) is 22.6. The van der Waals surface area contributed by atoms with Gasteiger partial charge >= 0.3 is 5.97 Å². The first-order chi connectivity index (χ1) is 8.91. The first-order valence-electron chi connectivity index (χ1n) is 5.33. The van der Waals surface area contributed by atoms with Crippen LogP contribution in [0.4, 0.5) is 0 Å². The van der Waals surface area contributed by atoms with E-state index in [0.717, 1.165) is 0 Å². The molecule has 0 aliphatic heterocycles. The summed E-state index contributed by atoms with van der Waals surface area (Å²) in [5.41, 5.74) is 0.231. The average Bonchev–Trinajstić information content (AvgIpc) is 2.33. The maximum absolute atomic E-state index is 11.6. The van der Waals surface area contributed by atoms with Crippen molar-refractivity contribution < 1.29 is 9.90 Å². The molecule has 2 rings (SSSR count). The van der Waals surface area contributed by atoms with E-state index in [0.29, 0.717) is 21.4 Å². The predicted octanol–water partition coefficient (Wildman–Crippen LogP) is 3.15. The van der Waals surface area contributed by atoms with Crippen molar-refractivity contribution in [3.8, 4) is 5.69 Å². The van der Waals surface area contributed by atoms with Gasteiger partial charge in [0, 0.05) is 18.0 Å².